The number of hydrogen-bond donors (Lipinski definition) is 1. The van der Waals surface area contributed by atoms with Crippen molar-refractivity contribution in [3.05, 3.63) is 127 Å². The second kappa shape index (κ2) is 20.3. The molecular formula is C36H42Cl4N4O5. The van der Waals surface area contributed by atoms with E-state index in [1.807, 2.05) is 47.4 Å². The topological polar surface area (TPSA) is 94.8 Å². The van der Waals surface area contributed by atoms with Crippen molar-refractivity contribution in [2.45, 2.75) is 44.3 Å². The molecule has 0 unspecified atom stereocenters. The van der Waals surface area contributed by atoms with Gasteiger partial charge in [0.2, 0.25) is 17.0 Å². The van der Waals surface area contributed by atoms with Crippen molar-refractivity contribution in [2.75, 3.05) is 26.2 Å². The van der Waals surface area contributed by atoms with E-state index in [0.717, 1.165) is 60.9 Å². The van der Waals surface area contributed by atoms with Crippen LogP contribution in [0.1, 0.15) is 31.2 Å². The van der Waals surface area contributed by atoms with Crippen molar-refractivity contribution >= 4 is 53.1 Å². The zero-order valence-corrected chi connectivity index (χ0v) is 30.6. The molecule has 0 radical (unpaired) electrons. The van der Waals surface area contributed by atoms with Crippen molar-refractivity contribution in [3.8, 4) is 11.5 Å². The van der Waals surface area contributed by atoms with Crippen LogP contribution in [0, 0.1) is 0 Å². The number of halogens is 4. The molecule has 0 spiro atoms. The molecule has 0 saturated carbocycles. The number of likely N-dealkylation sites (tertiary alicyclic amines) is 1. The number of aryl methyl sites for hydroxylation is 2. The molecule has 2 saturated heterocycles. The van der Waals surface area contributed by atoms with Crippen LogP contribution in [-0.4, -0.2) is 58.3 Å². The summed E-state index contributed by atoms with van der Waals surface area (Å²) in [5.74, 6) is 1.73. The second-order valence-corrected chi connectivity index (χ2v) is 12.9. The van der Waals surface area contributed by atoms with Gasteiger partial charge in [0.1, 0.15) is 23.7 Å². The molecule has 1 amide bonds. The molecule has 2 aliphatic rings. The van der Waals surface area contributed by atoms with E-state index in [0.29, 0.717) is 35.7 Å². The number of nitrogens with zero attached hydrogens (tertiary/aromatic N) is 3. The number of ether oxygens (including phenoxy) is 2. The molecule has 0 bridgehead atoms. The monoisotopic (exact) mass is 750 g/mol. The molecule has 1 N–H and O–H groups in total. The Kier molecular flexibility index (Phi) is 16.5. The Balaban J connectivity index is 0.000000227. The summed E-state index contributed by atoms with van der Waals surface area (Å²) in [6, 6.07) is 21.2. The fourth-order valence-electron chi connectivity index (χ4n) is 5.20. The predicted molar refractivity (Wildman–Crippen MR) is 199 cm³/mol. The highest BCUT2D eigenvalue weighted by Gasteiger charge is 2.24. The number of pyridine rings is 2. The smallest absolute Gasteiger partial charge is 0.250 e. The van der Waals surface area contributed by atoms with Crippen LogP contribution in [-0.2, 0) is 25.3 Å². The number of nitrogens with one attached hydrogen (secondary N) is 1. The molecule has 2 fully saturated rings. The van der Waals surface area contributed by atoms with Gasteiger partial charge in [0.15, 0.2) is 0 Å². The van der Waals surface area contributed by atoms with Crippen molar-refractivity contribution in [2.24, 2.45) is 14.1 Å². The van der Waals surface area contributed by atoms with Gasteiger partial charge in [-0.1, -0.05) is 53.0 Å². The SMILES string of the molecule is Cl.Clc1cccc(OC2CCNCC2)c1.Cn1cc(CC(=O)N2CCC(Oc3cccc(Cl)c3)CC2)ccc1=O.Cn1cc(Cl)ccc1=O. The molecule has 264 valence electrons. The van der Waals surface area contributed by atoms with Gasteiger partial charge in [0, 0.05) is 74.6 Å². The van der Waals surface area contributed by atoms with Gasteiger partial charge in [-0.25, -0.2) is 0 Å². The van der Waals surface area contributed by atoms with Crippen LogP contribution in [0.15, 0.2) is 94.8 Å². The first kappa shape index (κ1) is 40.0. The molecule has 0 atom stereocenters. The lowest BCUT2D eigenvalue weighted by atomic mass is 10.1. The van der Waals surface area contributed by atoms with Crippen molar-refractivity contribution in [3.63, 3.8) is 0 Å². The molecule has 2 aromatic carbocycles. The van der Waals surface area contributed by atoms with E-state index >= 15 is 0 Å². The molecule has 0 aliphatic carbocycles. The highest BCUT2D eigenvalue weighted by molar-refractivity contribution is 6.31. The van der Waals surface area contributed by atoms with Gasteiger partial charge in [0.25, 0.3) is 0 Å². The third-order valence-electron chi connectivity index (χ3n) is 7.83. The summed E-state index contributed by atoms with van der Waals surface area (Å²) in [6.07, 6.45) is 7.79. The molecule has 4 heterocycles. The summed E-state index contributed by atoms with van der Waals surface area (Å²) in [6.45, 7) is 3.45. The van der Waals surface area contributed by atoms with Crippen LogP contribution >= 0.6 is 47.2 Å². The van der Waals surface area contributed by atoms with Gasteiger partial charge >= 0.3 is 0 Å². The largest absolute Gasteiger partial charge is 0.490 e. The molecule has 49 heavy (non-hydrogen) atoms. The Labute approximate surface area is 308 Å². The lowest BCUT2D eigenvalue weighted by Gasteiger charge is -2.32. The molecule has 9 nitrogen and oxygen atoms in total. The van der Waals surface area contributed by atoms with E-state index < -0.39 is 0 Å². The fourth-order valence-corrected chi connectivity index (χ4v) is 5.77. The first-order valence-electron chi connectivity index (χ1n) is 15.9. The Bertz CT molecular complexity index is 1750. The number of carbonyl (C=O) groups excluding carboxylic acids is 1. The van der Waals surface area contributed by atoms with E-state index in [1.165, 1.54) is 21.3 Å². The minimum Gasteiger partial charge on any atom is -0.490 e. The summed E-state index contributed by atoms with van der Waals surface area (Å²) in [7, 11) is 3.35. The normalized spacial score (nSPS) is 14.7. The molecule has 13 heteroatoms. The molecule has 4 aromatic rings. The highest BCUT2D eigenvalue weighted by atomic mass is 35.5. The van der Waals surface area contributed by atoms with Gasteiger partial charge in [0.05, 0.1) is 11.4 Å². The van der Waals surface area contributed by atoms with Gasteiger partial charge in [-0.15, -0.1) is 12.4 Å². The maximum atomic E-state index is 12.5. The van der Waals surface area contributed by atoms with E-state index in [4.69, 9.17) is 44.3 Å². The van der Waals surface area contributed by atoms with Crippen molar-refractivity contribution < 1.29 is 14.3 Å². The van der Waals surface area contributed by atoms with E-state index in [2.05, 4.69) is 5.32 Å². The lowest BCUT2D eigenvalue weighted by molar-refractivity contribution is -0.132. The van der Waals surface area contributed by atoms with Crippen LogP contribution in [0.3, 0.4) is 0 Å². The summed E-state index contributed by atoms with van der Waals surface area (Å²) < 4.78 is 14.7. The van der Waals surface area contributed by atoms with Gasteiger partial charge < -0.3 is 28.8 Å². The van der Waals surface area contributed by atoms with Crippen molar-refractivity contribution in [1.82, 2.24) is 19.4 Å². The number of carbonyl (C=O) groups is 1. The Hall–Kier alpha value is -3.47. The number of amides is 1. The number of hydrogen-bond acceptors (Lipinski definition) is 6. The van der Waals surface area contributed by atoms with E-state index in [1.54, 1.807) is 44.7 Å². The number of rotatable bonds is 6. The van der Waals surface area contributed by atoms with E-state index in [-0.39, 0.29) is 35.5 Å². The maximum absolute atomic E-state index is 12.5. The van der Waals surface area contributed by atoms with Crippen LogP contribution in [0.25, 0.3) is 0 Å². The van der Waals surface area contributed by atoms with Crippen LogP contribution in [0.5, 0.6) is 11.5 Å². The number of aromatic nitrogens is 2. The summed E-state index contributed by atoms with van der Waals surface area (Å²) >= 11 is 17.4. The average Bonchev–Trinajstić information content (AvgIpc) is 3.06. The third-order valence-corrected chi connectivity index (χ3v) is 8.52. The standard InChI is InChI=1S/C19H21ClN2O3.C11H14ClNO.C6H6ClNO.ClH/c1-21-13-14(5-6-18(21)23)11-19(24)22-9-7-16(8-10-22)25-17-4-2-3-15(20)12-17;12-9-2-1-3-11(8-9)14-10-4-6-13-7-5-10;1-8-4-5(7)2-3-6(8)9;/h2-6,12-13,16H,7-11H2,1H3;1-3,8,10,13H,4-7H2;2-4H,1H3;1H. The first-order valence-corrected chi connectivity index (χ1v) is 17.0. The Morgan fingerprint density at radius 2 is 1.22 bits per heavy atom. The van der Waals surface area contributed by atoms with Gasteiger partial charge in [-0.2, -0.15) is 0 Å². The second-order valence-electron chi connectivity index (χ2n) is 11.6. The predicted octanol–water partition coefficient (Wildman–Crippen LogP) is 6.58. The molecule has 6 rings (SSSR count). The van der Waals surface area contributed by atoms with Crippen LogP contribution in [0.4, 0.5) is 0 Å². The summed E-state index contributed by atoms with van der Waals surface area (Å²) in [4.78, 5) is 36.4. The number of piperidine rings is 2. The Morgan fingerprint density at radius 3 is 1.71 bits per heavy atom. The highest BCUT2D eigenvalue weighted by Crippen LogP contribution is 2.23. The number of benzene rings is 2. The van der Waals surface area contributed by atoms with Crippen LogP contribution in [0.2, 0.25) is 15.1 Å². The Morgan fingerprint density at radius 1 is 0.714 bits per heavy atom. The quantitative estimate of drug-likeness (QED) is 0.239. The molecule has 2 aromatic heterocycles. The van der Waals surface area contributed by atoms with Gasteiger partial charge in [-0.05, 0) is 74.0 Å². The lowest BCUT2D eigenvalue weighted by Crippen LogP contribution is -2.42. The fraction of sp³-hybridized carbons (Fsp3) is 0.361. The molecule has 2 aliphatic heterocycles. The summed E-state index contributed by atoms with van der Waals surface area (Å²) in [5.41, 5.74) is 0.735. The van der Waals surface area contributed by atoms with Gasteiger partial charge in [-0.3, -0.25) is 14.4 Å². The zero-order chi connectivity index (χ0) is 34.5. The van der Waals surface area contributed by atoms with E-state index in [9.17, 15) is 14.4 Å². The maximum Gasteiger partial charge on any atom is 0.250 e. The molecular weight excluding hydrogens is 710 g/mol. The summed E-state index contributed by atoms with van der Waals surface area (Å²) in [5, 5.41) is 5.27. The average molecular weight is 753 g/mol. The minimum atomic E-state index is -0.0739. The van der Waals surface area contributed by atoms with Crippen molar-refractivity contribution in [1.29, 1.82) is 0 Å². The van der Waals surface area contributed by atoms with Crippen LogP contribution < -0.4 is 25.9 Å². The first-order chi connectivity index (χ1) is 23.0. The third kappa shape index (κ3) is 13.8. The zero-order valence-electron chi connectivity index (χ0n) is 27.5. The minimum absolute atomic E-state index is 0.